The average molecular weight is 445 g/mol. The van der Waals surface area contributed by atoms with E-state index in [-0.39, 0.29) is 23.5 Å². The lowest BCUT2D eigenvalue weighted by Gasteiger charge is -2.26. The van der Waals surface area contributed by atoms with Gasteiger partial charge in [-0.3, -0.25) is 9.69 Å². The highest BCUT2D eigenvalue weighted by Gasteiger charge is 2.20. The molecule has 0 aliphatic carbocycles. The molecule has 1 aliphatic heterocycles. The van der Waals surface area contributed by atoms with Crippen molar-refractivity contribution in [2.75, 3.05) is 57.6 Å². The van der Waals surface area contributed by atoms with Crippen LogP contribution in [0, 0.1) is 11.6 Å². The molecular formula is C22H25F2N5O3. The molecule has 1 saturated heterocycles. The monoisotopic (exact) mass is 445 g/mol. The fourth-order valence-corrected chi connectivity index (χ4v) is 3.77. The summed E-state index contributed by atoms with van der Waals surface area (Å²) in [6.45, 7) is 3.80. The zero-order chi connectivity index (χ0) is 22.7. The van der Waals surface area contributed by atoms with Gasteiger partial charge in [0.05, 0.1) is 38.1 Å². The van der Waals surface area contributed by atoms with Crippen LogP contribution in [0.25, 0.3) is 11.0 Å². The molecule has 0 amide bonds. The van der Waals surface area contributed by atoms with Crippen LogP contribution in [0.4, 0.5) is 20.2 Å². The maximum atomic E-state index is 14.3. The van der Waals surface area contributed by atoms with Crippen LogP contribution in [0.15, 0.2) is 35.1 Å². The number of ether oxygens (including phenoxy) is 2. The van der Waals surface area contributed by atoms with Crippen LogP contribution >= 0.6 is 0 Å². The number of nitrogens with one attached hydrogen (secondary N) is 1. The van der Waals surface area contributed by atoms with E-state index in [1.807, 2.05) is 0 Å². The number of methoxy groups -OCH3 is 1. The van der Waals surface area contributed by atoms with E-state index in [1.54, 1.807) is 12.1 Å². The van der Waals surface area contributed by atoms with Gasteiger partial charge in [-0.05, 0) is 18.2 Å². The Morgan fingerprint density at radius 1 is 1.19 bits per heavy atom. The molecule has 4 rings (SSSR count). The Labute approximate surface area is 183 Å². The van der Waals surface area contributed by atoms with Crippen LogP contribution in [0.1, 0.15) is 5.56 Å². The maximum absolute atomic E-state index is 14.3. The van der Waals surface area contributed by atoms with E-state index >= 15 is 0 Å². The number of nitrogens with two attached hydrogens (primary N) is 1. The van der Waals surface area contributed by atoms with Gasteiger partial charge in [-0.2, -0.15) is 0 Å². The lowest BCUT2D eigenvalue weighted by atomic mass is 10.1. The third-order valence-corrected chi connectivity index (χ3v) is 5.54. The van der Waals surface area contributed by atoms with Gasteiger partial charge in [0.25, 0.3) is 5.56 Å². The summed E-state index contributed by atoms with van der Waals surface area (Å²) in [7, 11) is 1.47. The molecule has 1 aliphatic rings. The first-order chi connectivity index (χ1) is 15.5. The fourth-order valence-electron chi connectivity index (χ4n) is 3.77. The van der Waals surface area contributed by atoms with Crippen molar-refractivity contribution in [1.82, 2.24) is 14.5 Å². The zero-order valence-electron chi connectivity index (χ0n) is 17.7. The number of pyridine rings is 2. The van der Waals surface area contributed by atoms with Gasteiger partial charge in [-0.15, -0.1) is 0 Å². The van der Waals surface area contributed by atoms with Gasteiger partial charge >= 0.3 is 0 Å². The first-order valence-electron chi connectivity index (χ1n) is 10.3. The van der Waals surface area contributed by atoms with E-state index in [2.05, 4.69) is 15.2 Å². The molecule has 0 bridgehead atoms. The number of hydrogen-bond donors (Lipinski definition) is 2. The molecule has 1 fully saturated rings. The number of aromatic nitrogens is 2. The van der Waals surface area contributed by atoms with Crippen molar-refractivity contribution in [3.8, 4) is 5.88 Å². The first-order valence-corrected chi connectivity index (χ1v) is 10.3. The first kappa shape index (κ1) is 22.0. The molecule has 0 spiro atoms. The smallest absolute Gasteiger partial charge is 0.276 e. The molecule has 1 aromatic carbocycles. The predicted molar refractivity (Wildman–Crippen MR) is 118 cm³/mol. The topological polar surface area (TPSA) is 94.6 Å². The molecular weight excluding hydrogens is 420 g/mol. The number of fused-ring (bicyclic) bond motifs is 1. The summed E-state index contributed by atoms with van der Waals surface area (Å²) in [6, 6.07) is 6.77. The summed E-state index contributed by atoms with van der Waals surface area (Å²) >= 11 is 0. The minimum atomic E-state index is -0.731. The number of hydrogen-bond acceptors (Lipinski definition) is 7. The molecule has 170 valence electrons. The SMILES string of the molecule is COc1ccc2c(n1)c(N)c(NCCN1CCOCC1)c(=O)n2Cc1c(F)cccc1F. The normalized spacial score (nSPS) is 14.6. The van der Waals surface area contributed by atoms with Crippen LogP contribution in [-0.4, -0.2) is 61.0 Å². The Morgan fingerprint density at radius 2 is 1.91 bits per heavy atom. The number of nitrogen functional groups attached to an aromatic ring is 1. The van der Waals surface area contributed by atoms with E-state index in [9.17, 15) is 13.6 Å². The molecule has 0 saturated carbocycles. The number of nitrogens with zero attached hydrogens (tertiary/aromatic N) is 3. The summed E-state index contributed by atoms with van der Waals surface area (Å²) in [4.78, 5) is 19.9. The Balaban J connectivity index is 1.74. The van der Waals surface area contributed by atoms with Crippen molar-refractivity contribution < 1.29 is 18.3 Å². The second kappa shape index (κ2) is 9.49. The fraction of sp³-hybridized carbons (Fsp3) is 0.364. The zero-order valence-corrected chi connectivity index (χ0v) is 17.7. The molecule has 8 nitrogen and oxygen atoms in total. The Kier molecular flexibility index (Phi) is 6.52. The van der Waals surface area contributed by atoms with E-state index in [0.717, 1.165) is 25.2 Å². The Morgan fingerprint density at radius 3 is 2.59 bits per heavy atom. The van der Waals surface area contributed by atoms with Gasteiger partial charge in [-0.25, -0.2) is 13.8 Å². The van der Waals surface area contributed by atoms with Crippen molar-refractivity contribution in [3.63, 3.8) is 0 Å². The molecule has 0 radical (unpaired) electrons. The third-order valence-electron chi connectivity index (χ3n) is 5.54. The van der Waals surface area contributed by atoms with Crippen molar-refractivity contribution in [2.45, 2.75) is 6.54 Å². The highest BCUT2D eigenvalue weighted by Crippen LogP contribution is 2.27. The third kappa shape index (κ3) is 4.37. The minimum absolute atomic E-state index is 0.142. The van der Waals surface area contributed by atoms with Gasteiger partial charge < -0.3 is 25.1 Å². The lowest BCUT2D eigenvalue weighted by molar-refractivity contribution is 0.0398. The van der Waals surface area contributed by atoms with Crippen LogP contribution in [0.2, 0.25) is 0 Å². The summed E-state index contributed by atoms with van der Waals surface area (Å²) in [5, 5.41) is 3.10. The number of anilines is 2. The minimum Gasteiger partial charge on any atom is -0.481 e. The van der Waals surface area contributed by atoms with Crippen LogP contribution in [0.5, 0.6) is 5.88 Å². The second-order valence-corrected chi connectivity index (χ2v) is 7.48. The summed E-state index contributed by atoms with van der Waals surface area (Å²) in [6.07, 6.45) is 0. The van der Waals surface area contributed by atoms with Gasteiger partial charge in [-0.1, -0.05) is 6.07 Å². The summed E-state index contributed by atoms with van der Waals surface area (Å²) in [5.74, 6) is -1.15. The van der Waals surface area contributed by atoms with Gasteiger partial charge in [0.2, 0.25) is 5.88 Å². The van der Waals surface area contributed by atoms with Crippen molar-refractivity contribution in [1.29, 1.82) is 0 Å². The molecule has 3 aromatic rings. The number of rotatable bonds is 7. The van der Waals surface area contributed by atoms with E-state index in [0.29, 0.717) is 43.2 Å². The average Bonchev–Trinajstić information content (AvgIpc) is 2.81. The van der Waals surface area contributed by atoms with Crippen LogP contribution in [-0.2, 0) is 11.3 Å². The molecule has 0 unspecified atom stereocenters. The molecule has 2 aromatic heterocycles. The number of halogens is 2. The van der Waals surface area contributed by atoms with Gasteiger partial charge in [0, 0.05) is 37.8 Å². The van der Waals surface area contributed by atoms with E-state index in [1.165, 1.54) is 17.7 Å². The maximum Gasteiger partial charge on any atom is 0.276 e. The second-order valence-electron chi connectivity index (χ2n) is 7.48. The molecule has 32 heavy (non-hydrogen) atoms. The Hall–Kier alpha value is -3.24. The molecule has 0 atom stereocenters. The molecule has 3 N–H and O–H groups in total. The number of morpholine rings is 1. The summed E-state index contributed by atoms with van der Waals surface area (Å²) in [5.41, 5.74) is 6.59. The highest BCUT2D eigenvalue weighted by molar-refractivity contribution is 5.94. The van der Waals surface area contributed by atoms with Crippen molar-refractivity contribution in [3.05, 3.63) is 57.9 Å². The number of benzene rings is 1. The predicted octanol–water partition coefficient (Wildman–Crippen LogP) is 2.06. The van der Waals surface area contributed by atoms with Gasteiger partial charge in [0.15, 0.2) is 0 Å². The standard InChI is InChI=1S/C22H25F2N5O3/c1-31-18-6-5-17-20(27-18)19(25)21(26-7-8-28-9-11-32-12-10-28)22(30)29(17)13-14-15(23)3-2-4-16(14)24/h2-6,26H,7-13,25H2,1H3. The van der Waals surface area contributed by atoms with Crippen molar-refractivity contribution in [2.24, 2.45) is 0 Å². The molecule has 10 heteroatoms. The van der Waals surface area contributed by atoms with Crippen LogP contribution < -0.4 is 21.3 Å². The quantitative estimate of drug-likeness (QED) is 0.575. The van der Waals surface area contributed by atoms with Crippen molar-refractivity contribution >= 4 is 22.4 Å². The highest BCUT2D eigenvalue weighted by atomic mass is 19.1. The van der Waals surface area contributed by atoms with Crippen LogP contribution in [0.3, 0.4) is 0 Å². The molecule has 3 heterocycles. The Bertz CT molecular complexity index is 1160. The van der Waals surface area contributed by atoms with Gasteiger partial charge in [0.1, 0.15) is 22.8 Å². The lowest BCUT2D eigenvalue weighted by Crippen LogP contribution is -2.39. The largest absolute Gasteiger partial charge is 0.481 e. The van der Waals surface area contributed by atoms with E-state index in [4.69, 9.17) is 15.2 Å². The summed E-state index contributed by atoms with van der Waals surface area (Å²) < 4.78 is 40.5. The van der Waals surface area contributed by atoms with E-state index < -0.39 is 17.2 Å².